The first-order valence-electron chi connectivity index (χ1n) is 9.09. The number of H-pyrrole nitrogens is 2. The van der Waals surface area contributed by atoms with Crippen LogP contribution in [-0.4, -0.2) is 9.97 Å². The third kappa shape index (κ3) is 8.49. The largest absolute Gasteiger partial charge is 1.00 e. The van der Waals surface area contributed by atoms with Crippen LogP contribution in [0.15, 0.2) is 45.6 Å². The van der Waals surface area contributed by atoms with Crippen molar-refractivity contribution < 1.29 is 91.4 Å². The molecular formula is C18H14Br2Cl2N2Na2O7P2. The molecule has 0 saturated carbocycles. The second kappa shape index (κ2) is 13.9. The maximum absolute atomic E-state index is 12.2. The van der Waals surface area contributed by atoms with Crippen LogP contribution in [0.4, 0.5) is 0 Å². The molecule has 0 bridgehead atoms. The van der Waals surface area contributed by atoms with Gasteiger partial charge in [-0.2, -0.15) is 0 Å². The predicted octanol–water partition coefficient (Wildman–Crippen LogP) is 0.926. The van der Waals surface area contributed by atoms with Gasteiger partial charge in [0.05, 0.1) is 21.1 Å². The van der Waals surface area contributed by atoms with E-state index in [2.05, 4.69) is 46.1 Å². The van der Waals surface area contributed by atoms with Crippen LogP contribution in [0.25, 0.3) is 21.8 Å². The Balaban J connectivity index is 0.00000149. The summed E-state index contributed by atoms with van der Waals surface area (Å²) in [7, 11) is -10.8. The third-order valence-electron chi connectivity index (χ3n) is 3.99. The van der Waals surface area contributed by atoms with Crippen molar-refractivity contribution in [3.63, 3.8) is 0 Å². The van der Waals surface area contributed by atoms with Crippen molar-refractivity contribution in [3.05, 3.63) is 55.6 Å². The molecule has 4 rings (SSSR count). The summed E-state index contributed by atoms with van der Waals surface area (Å²) in [6.45, 7) is 4.00. The quantitative estimate of drug-likeness (QED) is 0.225. The maximum Gasteiger partial charge on any atom is 1.00 e. The molecule has 2 atom stereocenters. The average Bonchev–Trinajstić information content (AvgIpc) is 3.27. The summed E-state index contributed by atoms with van der Waals surface area (Å²) in [4.78, 5) is 30.0. The number of nitrogens with one attached hydrogen (secondary N) is 2. The van der Waals surface area contributed by atoms with Gasteiger partial charge < -0.3 is 28.8 Å². The van der Waals surface area contributed by atoms with Gasteiger partial charge in [-0.25, -0.2) is 4.31 Å². The minimum absolute atomic E-state index is 0. The van der Waals surface area contributed by atoms with Crippen LogP contribution in [0.1, 0.15) is 13.8 Å². The van der Waals surface area contributed by atoms with Crippen LogP contribution in [0, 0.1) is 0 Å². The molecular weight excluding hydrogens is 695 g/mol. The molecule has 0 aliphatic rings. The molecule has 35 heavy (non-hydrogen) atoms. The standard InChI is InChI=1S/C16H10Br2Cl2N2O7P2.C2H6.2Na/c17-9-1-7-13(3-11(9)19)21-5-15(7)27-30(23,24)29-31(25,26)28-16-6-22-14-4-12(20)10(18)2-8(14)16;1-2;;/h1-6,21-22H,(H,23,24)(H,25,26);1-2H3;;/q;;2*+1/p-2. The van der Waals surface area contributed by atoms with Gasteiger partial charge >= 0.3 is 74.8 Å². The van der Waals surface area contributed by atoms with Crippen LogP contribution >= 0.6 is 70.7 Å². The van der Waals surface area contributed by atoms with E-state index in [0.29, 0.717) is 40.8 Å². The number of fused-ring (bicyclic) bond motifs is 2. The monoisotopic (exact) mass is 706 g/mol. The maximum atomic E-state index is 12.2. The molecule has 2 aromatic heterocycles. The van der Waals surface area contributed by atoms with Gasteiger partial charge in [0.15, 0.2) is 11.5 Å². The van der Waals surface area contributed by atoms with E-state index < -0.39 is 15.6 Å². The van der Waals surface area contributed by atoms with Crippen molar-refractivity contribution in [2.45, 2.75) is 13.8 Å². The van der Waals surface area contributed by atoms with Crippen LogP contribution < -0.4 is 77.9 Å². The number of aromatic nitrogens is 2. The summed E-state index contributed by atoms with van der Waals surface area (Å²) in [6, 6.07) is 6.08. The molecule has 0 amide bonds. The molecule has 2 aromatic carbocycles. The van der Waals surface area contributed by atoms with Gasteiger partial charge in [-0.05, 0) is 56.1 Å². The van der Waals surface area contributed by atoms with E-state index >= 15 is 0 Å². The summed E-state index contributed by atoms with van der Waals surface area (Å²) in [6.07, 6.45) is 2.44. The molecule has 0 spiro atoms. The minimum atomic E-state index is -5.39. The molecule has 0 aliphatic carbocycles. The predicted molar refractivity (Wildman–Crippen MR) is 131 cm³/mol. The van der Waals surface area contributed by atoms with Gasteiger partial charge in [-0.15, -0.1) is 0 Å². The summed E-state index contributed by atoms with van der Waals surface area (Å²) in [5.41, 5.74) is 0.931. The number of halogens is 4. The van der Waals surface area contributed by atoms with Crippen molar-refractivity contribution in [1.29, 1.82) is 0 Å². The first-order chi connectivity index (χ1) is 15.4. The summed E-state index contributed by atoms with van der Waals surface area (Å²) < 4.78 is 39.3. The third-order valence-corrected chi connectivity index (χ3v) is 8.82. The Kier molecular flexibility index (Phi) is 13.5. The van der Waals surface area contributed by atoms with Crippen molar-refractivity contribution in [2.75, 3.05) is 0 Å². The first kappa shape index (κ1) is 34.0. The number of hydrogen-bond donors (Lipinski definition) is 2. The number of rotatable bonds is 6. The number of hydrogen-bond acceptors (Lipinski definition) is 7. The van der Waals surface area contributed by atoms with E-state index in [1.165, 1.54) is 36.7 Å². The Morgan fingerprint density at radius 3 is 1.46 bits per heavy atom. The smallest absolute Gasteiger partial charge is 0.746 e. The normalized spacial score (nSPS) is 14.1. The Labute approximate surface area is 271 Å². The Morgan fingerprint density at radius 2 is 1.11 bits per heavy atom. The van der Waals surface area contributed by atoms with Gasteiger partial charge in [-0.3, -0.25) is 9.13 Å². The molecule has 4 aromatic rings. The average molecular weight is 709 g/mol. The number of phosphoric ester groups is 2. The van der Waals surface area contributed by atoms with Gasteiger partial charge in [0, 0.05) is 32.1 Å². The summed E-state index contributed by atoms with van der Waals surface area (Å²) >= 11 is 18.4. The Morgan fingerprint density at radius 1 is 0.771 bits per heavy atom. The molecule has 2 unspecified atom stereocenters. The van der Waals surface area contributed by atoms with Crippen molar-refractivity contribution in [3.8, 4) is 11.5 Å². The van der Waals surface area contributed by atoms with Crippen molar-refractivity contribution in [1.82, 2.24) is 9.97 Å². The van der Waals surface area contributed by atoms with Crippen molar-refractivity contribution >= 4 is 92.5 Å². The van der Waals surface area contributed by atoms with E-state index in [0.717, 1.165) is 0 Å². The fourth-order valence-corrected chi connectivity index (χ4v) is 5.77. The van der Waals surface area contributed by atoms with Crippen molar-refractivity contribution in [2.24, 2.45) is 0 Å². The molecule has 0 aliphatic heterocycles. The van der Waals surface area contributed by atoms with E-state index in [4.69, 9.17) is 32.2 Å². The second-order valence-corrected chi connectivity index (χ2v) is 11.4. The van der Waals surface area contributed by atoms with E-state index in [1.54, 1.807) is 0 Å². The second-order valence-electron chi connectivity index (χ2n) is 6.09. The summed E-state index contributed by atoms with van der Waals surface area (Å²) in [5.74, 6) is -0.368. The zero-order valence-electron chi connectivity index (χ0n) is 18.7. The van der Waals surface area contributed by atoms with Crippen LogP contribution in [0.3, 0.4) is 0 Å². The molecule has 2 N–H and O–H groups in total. The fraction of sp³-hybridized carbons (Fsp3) is 0.111. The topological polar surface area (TPSA) is 140 Å². The molecule has 17 heteroatoms. The minimum Gasteiger partial charge on any atom is -0.746 e. The van der Waals surface area contributed by atoms with E-state index in [-0.39, 0.29) is 70.6 Å². The molecule has 9 nitrogen and oxygen atoms in total. The van der Waals surface area contributed by atoms with E-state index in [9.17, 15) is 18.9 Å². The summed E-state index contributed by atoms with van der Waals surface area (Å²) in [5, 5.41) is 1.42. The fourth-order valence-electron chi connectivity index (χ4n) is 2.73. The molecule has 178 valence electrons. The van der Waals surface area contributed by atoms with Gasteiger partial charge in [-0.1, -0.05) is 37.0 Å². The Bertz CT molecular complexity index is 1330. The number of phosphoric acid groups is 2. The molecule has 0 saturated heterocycles. The molecule has 0 fully saturated rings. The molecule has 0 radical (unpaired) electrons. The number of benzene rings is 2. The zero-order valence-corrected chi connectivity index (χ0v) is 29.2. The molecule has 2 heterocycles. The Hall–Kier alpha value is 1.00. The van der Waals surface area contributed by atoms with Crippen LogP contribution in [0.2, 0.25) is 10.0 Å². The first-order valence-corrected chi connectivity index (χ1v) is 14.4. The van der Waals surface area contributed by atoms with Crippen LogP contribution in [-0.2, 0) is 13.4 Å². The van der Waals surface area contributed by atoms with Crippen LogP contribution in [0.5, 0.6) is 11.5 Å². The SMILES string of the molecule is CC.O=P([O-])(Oc1c[nH]c2cc(Cl)c(Br)cc12)OP(=O)([O-])Oc1c[nH]c2cc(Cl)c(Br)cc12.[Na+].[Na+]. The van der Waals surface area contributed by atoms with Gasteiger partial charge in [0.1, 0.15) is 0 Å². The number of aromatic amines is 2. The van der Waals surface area contributed by atoms with Gasteiger partial charge in [0.2, 0.25) is 0 Å². The van der Waals surface area contributed by atoms with E-state index in [1.807, 2.05) is 13.8 Å². The van der Waals surface area contributed by atoms with Gasteiger partial charge in [0.25, 0.3) is 0 Å². The zero-order chi connectivity index (χ0) is 24.6.